The number of rotatable bonds is 4. The van der Waals surface area contributed by atoms with Crippen molar-refractivity contribution in [2.24, 2.45) is 5.92 Å². The van der Waals surface area contributed by atoms with Gasteiger partial charge in [0.15, 0.2) is 5.13 Å². The van der Waals surface area contributed by atoms with E-state index in [1.807, 2.05) is 41.8 Å². The summed E-state index contributed by atoms with van der Waals surface area (Å²) in [4.78, 5) is 17.3. The van der Waals surface area contributed by atoms with Gasteiger partial charge < -0.3 is 14.8 Å². The molecule has 3 aromatic rings. The first-order chi connectivity index (χ1) is 13.1. The molecule has 1 atom stereocenters. The van der Waals surface area contributed by atoms with Crippen LogP contribution in [0, 0.1) is 12.8 Å². The van der Waals surface area contributed by atoms with Crippen LogP contribution in [0.4, 0.5) is 5.13 Å². The Balaban J connectivity index is 1.46. The largest absolute Gasteiger partial charge is 0.497 e. The summed E-state index contributed by atoms with van der Waals surface area (Å²) in [6.07, 6.45) is 0.619. The molecule has 5 nitrogen and oxygen atoms in total. The lowest BCUT2D eigenvalue weighted by molar-refractivity contribution is -0.121. The number of fused-ring (bicyclic) bond motifs is 1. The van der Waals surface area contributed by atoms with E-state index in [1.54, 1.807) is 7.11 Å². The van der Waals surface area contributed by atoms with Gasteiger partial charge in [0.1, 0.15) is 18.1 Å². The lowest BCUT2D eigenvalue weighted by Gasteiger charge is -2.24. The molecule has 0 radical (unpaired) electrons. The third-order valence-electron chi connectivity index (χ3n) is 4.70. The van der Waals surface area contributed by atoms with E-state index in [9.17, 15) is 4.79 Å². The predicted octanol–water partition coefficient (Wildman–Crippen LogP) is 4.32. The highest BCUT2D eigenvalue weighted by atomic mass is 32.1. The SMILES string of the molecule is COc1ccc2c(c1)CC(C(=O)Nc1nc(-c3ccccc3C)cs1)CO2. The fourth-order valence-electron chi connectivity index (χ4n) is 3.19. The molecule has 0 aliphatic carbocycles. The Morgan fingerprint density at radius 3 is 2.96 bits per heavy atom. The quantitative estimate of drug-likeness (QED) is 0.732. The molecule has 1 amide bonds. The maximum Gasteiger partial charge on any atom is 0.233 e. The van der Waals surface area contributed by atoms with Gasteiger partial charge in [-0.1, -0.05) is 24.3 Å². The van der Waals surface area contributed by atoms with Crippen LogP contribution in [0.25, 0.3) is 11.3 Å². The molecule has 6 heteroatoms. The lowest BCUT2D eigenvalue weighted by atomic mass is 9.96. The van der Waals surface area contributed by atoms with E-state index in [4.69, 9.17) is 9.47 Å². The Kier molecular flexibility index (Phi) is 4.81. The zero-order valence-corrected chi connectivity index (χ0v) is 16.0. The van der Waals surface area contributed by atoms with Crippen molar-refractivity contribution in [1.82, 2.24) is 4.98 Å². The molecule has 1 N–H and O–H groups in total. The van der Waals surface area contributed by atoms with Crippen LogP contribution in [0.1, 0.15) is 11.1 Å². The van der Waals surface area contributed by atoms with E-state index in [0.29, 0.717) is 18.2 Å². The van der Waals surface area contributed by atoms with Crippen LogP contribution >= 0.6 is 11.3 Å². The average Bonchev–Trinajstić information content (AvgIpc) is 3.15. The van der Waals surface area contributed by atoms with E-state index >= 15 is 0 Å². The molecule has 0 fully saturated rings. The summed E-state index contributed by atoms with van der Waals surface area (Å²) in [5.41, 5.74) is 4.10. The fraction of sp³-hybridized carbons (Fsp3) is 0.238. The van der Waals surface area contributed by atoms with E-state index < -0.39 is 0 Å². The molecular formula is C21H20N2O3S. The molecule has 0 saturated heterocycles. The minimum absolute atomic E-state index is 0.0749. The first kappa shape index (κ1) is 17.5. The first-order valence-corrected chi connectivity index (χ1v) is 9.64. The van der Waals surface area contributed by atoms with Gasteiger partial charge in [-0.15, -0.1) is 11.3 Å². The van der Waals surface area contributed by atoms with Gasteiger partial charge in [-0.25, -0.2) is 4.98 Å². The van der Waals surface area contributed by atoms with Crippen LogP contribution in [0.15, 0.2) is 47.8 Å². The van der Waals surface area contributed by atoms with Gasteiger partial charge in [-0.05, 0) is 42.7 Å². The molecule has 0 bridgehead atoms. The molecule has 1 aliphatic rings. The molecule has 27 heavy (non-hydrogen) atoms. The van der Waals surface area contributed by atoms with Crippen molar-refractivity contribution in [3.05, 3.63) is 59.0 Å². The zero-order chi connectivity index (χ0) is 18.8. The van der Waals surface area contributed by atoms with Gasteiger partial charge in [0.05, 0.1) is 18.7 Å². The van der Waals surface area contributed by atoms with Gasteiger partial charge in [0, 0.05) is 10.9 Å². The van der Waals surface area contributed by atoms with Crippen LogP contribution in [-0.4, -0.2) is 24.6 Å². The predicted molar refractivity (Wildman–Crippen MR) is 107 cm³/mol. The van der Waals surface area contributed by atoms with Crippen molar-refractivity contribution in [2.75, 3.05) is 19.0 Å². The number of ether oxygens (including phenoxy) is 2. The number of hydrogen-bond donors (Lipinski definition) is 1. The zero-order valence-electron chi connectivity index (χ0n) is 15.2. The number of aromatic nitrogens is 1. The lowest BCUT2D eigenvalue weighted by Crippen LogP contribution is -2.32. The summed E-state index contributed by atoms with van der Waals surface area (Å²) in [5.74, 6) is 1.25. The summed E-state index contributed by atoms with van der Waals surface area (Å²) in [7, 11) is 1.63. The smallest absolute Gasteiger partial charge is 0.233 e. The third-order valence-corrected chi connectivity index (χ3v) is 5.46. The second-order valence-electron chi connectivity index (χ2n) is 6.53. The number of amides is 1. The number of methoxy groups -OCH3 is 1. The second kappa shape index (κ2) is 7.40. The summed E-state index contributed by atoms with van der Waals surface area (Å²) in [5, 5.41) is 5.51. The summed E-state index contributed by atoms with van der Waals surface area (Å²) in [6.45, 7) is 2.42. The van der Waals surface area contributed by atoms with Crippen molar-refractivity contribution in [2.45, 2.75) is 13.3 Å². The molecule has 138 valence electrons. The highest BCUT2D eigenvalue weighted by Crippen LogP contribution is 2.32. The number of anilines is 1. The molecule has 0 spiro atoms. The fourth-order valence-corrected chi connectivity index (χ4v) is 3.90. The Hall–Kier alpha value is -2.86. The van der Waals surface area contributed by atoms with Gasteiger partial charge in [-0.3, -0.25) is 4.79 Å². The van der Waals surface area contributed by atoms with Crippen LogP contribution in [0.5, 0.6) is 11.5 Å². The molecule has 4 rings (SSSR count). The van der Waals surface area contributed by atoms with Crippen molar-refractivity contribution < 1.29 is 14.3 Å². The number of carbonyl (C=O) groups excluding carboxylic acids is 1. The average molecular weight is 380 g/mol. The third kappa shape index (κ3) is 3.66. The van der Waals surface area contributed by atoms with Crippen LogP contribution < -0.4 is 14.8 Å². The highest BCUT2D eigenvalue weighted by molar-refractivity contribution is 7.14. The van der Waals surface area contributed by atoms with Crippen molar-refractivity contribution >= 4 is 22.4 Å². The van der Waals surface area contributed by atoms with Gasteiger partial charge in [-0.2, -0.15) is 0 Å². The Morgan fingerprint density at radius 1 is 1.30 bits per heavy atom. The number of aryl methyl sites for hydroxylation is 1. The molecule has 0 saturated carbocycles. The van der Waals surface area contributed by atoms with Crippen LogP contribution in [0.2, 0.25) is 0 Å². The Labute approximate surface area is 162 Å². The number of hydrogen-bond acceptors (Lipinski definition) is 5. The molecule has 1 unspecified atom stereocenters. The van der Waals surface area contributed by atoms with Crippen LogP contribution in [0.3, 0.4) is 0 Å². The standard InChI is InChI=1S/C21H20N2O3S/c1-13-5-3-4-6-17(13)18-12-27-21(22-18)23-20(24)15-9-14-10-16(25-2)7-8-19(14)26-11-15/h3-8,10,12,15H,9,11H2,1-2H3,(H,22,23,24). The second-order valence-corrected chi connectivity index (χ2v) is 7.39. The van der Waals surface area contributed by atoms with Crippen molar-refractivity contribution in [3.8, 4) is 22.8 Å². The first-order valence-electron chi connectivity index (χ1n) is 8.76. The maximum atomic E-state index is 12.7. The molecule has 1 aromatic heterocycles. The van der Waals surface area contributed by atoms with E-state index in [2.05, 4.69) is 23.3 Å². The number of nitrogens with zero attached hydrogens (tertiary/aromatic N) is 1. The highest BCUT2D eigenvalue weighted by Gasteiger charge is 2.27. The Bertz CT molecular complexity index is 983. The number of carbonyl (C=O) groups is 1. The molecular weight excluding hydrogens is 360 g/mol. The van der Waals surface area contributed by atoms with E-state index in [1.165, 1.54) is 11.3 Å². The topological polar surface area (TPSA) is 60.5 Å². The van der Waals surface area contributed by atoms with Crippen LogP contribution in [-0.2, 0) is 11.2 Å². The van der Waals surface area contributed by atoms with Crippen molar-refractivity contribution in [3.63, 3.8) is 0 Å². The van der Waals surface area contributed by atoms with Crippen molar-refractivity contribution in [1.29, 1.82) is 0 Å². The minimum Gasteiger partial charge on any atom is -0.497 e. The van der Waals surface area contributed by atoms with E-state index in [-0.39, 0.29) is 11.8 Å². The van der Waals surface area contributed by atoms with Gasteiger partial charge >= 0.3 is 0 Å². The van der Waals surface area contributed by atoms with E-state index in [0.717, 1.165) is 33.9 Å². The Morgan fingerprint density at radius 2 is 2.15 bits per heavy atom. The molecule has 1 aliphatic heterocycles. The molecule has 2 heterocycles. The number of thiazole rings is 1. The van der Waals surface area contributed by atoms with Gasteiger partial charge in [0.25, 0.3) is 0 Å². The summed E-state index contributed by atoms with van der Waals surface area (Å²) < 4.78 is 11.0. The minimum atomic E-state index is -0.254. The number of benzene rings is 2. The number of nitrogens with one attached hydrogen (secondary N) is 1. The monoisotopic (exact) mass is 380 g/mol. The summed E-state index contributed by atoms with van der Waals surface area (Å²) in [6, 6.07) is 13.8. The maximum absolute atomic E-state index is 12.7. The van der Waals surface area contributed by atoms with Gasteiger partial charge in [0.2, 0.25) is 5.91 Å². The molecule has 2 aromatic carbocycles. The summed E-state index contributed by atoms with van der Waals surface area (Å²) >= 11 is 1.43. The normalized spacial score (nSPS) is 15.6.